The van der Waals surface area contributed by atoms with Crippen LogP contribution in [0.2, 0.25) is 0 Å². The van der Waals surface area contributed by atoms with Crippen LogP contribution in [-0.2, 0) is 23.0 Å². The lowest BCUT2D eigenvalue weighted by atomic mass is 10.2. The average molecular weight is 320 g/mol. The minimum Gasteiger partial charge on any atom is -0.363 e. The molecule has 1 saturated carbocycles. The molecule has 2 N–H and O–H groups in total. The zero-order chi connectivity index (χ0) is 15.3. The van der Waals surface area contributed by atoms with Crippen molar-refractivity contribution in [3.8, 4) is 0 Å². The second-order valence-electron chi connectivity index (χ2n) is 5.83. The van der Waals surface area contributed by atoms with E-state index in [1.165, 1.54) is 0 Å². The summed E-state index contributed by atoms with van der Waals surface area (Å²) in [6.45, 7) is 1.31. The van der Waals surface area contributed by atoms with Crippen LogP contribution in [0.5, 0.6) is 0 Å². The van der Waals surface area contributed by atoms with Gasteiger partial charge < -0.3 is 9.42 Å². The predicted molar refractivity (Wildman–Crippen MR) is 78.8 cm³/mol. The monoisotopic (exact) mass is 320 g/mol. The average Bonchev–Trinajstić information content (AvgIpc) is 3.09. The number of nitrogens with two attached hydrogens (primary N) is 1. The van der Waals surface area contributed by atoms with Crippen LogP contribution >= 0.6 is 0 Å². The Morgan fingerprint density at radius 1 is 1.36 bits per heavy atom. The number of nitrogens with zero attached hydrogens (tertiary/aromatic N) is 3. The van der Waals surface area contributed by atoms with Crippen molar-refractivity contribution in [2.24, 2.45) is 5.14 Å². The summed E-state index contributed by atoms with van der Waals surface area (Å²) in [6.07, 6.45) is 3.10. The number of aromatic nitrogens is 2. The predicted octanol–water partition coefficient (Wildman–Crippen LogP) is 1.16. The number of rotatable bonds is 4. The lowest BCUT2D eigenvalue weighted by Crippen LogP contribution is -2.21. The molecule has 116 valence electrons. The van der Waals surface area contributed by atoms with Crippen molar-refractivity contribution < 1.29 is 12.9 Å². The van der Waals surface area contributed by atoms with E-state index in [1.807, 2.05) is 6.07 Å². The van der Waals surface area contributed by atoms with Crippen LogP contribution in [0.4, 0.5) is 5.69 Å². The smallest absolute Gasteiger partial charge is 0.238 e. The molecule has 8 heteroatoms. The van der Waals surface area contributed by atoms with Gasteiger partial charge in [0.25, 0.3) is 0 Å². The van der Waals surface area contributed by atoms with Gasteiger partial charge in [-0.25, -0.2) is 13.6 Å². The maximum Gasteiger partial charge on any atom is 0.238 e. The van der Waals surface area contributed by atoms with Gasteiger partial charge in [-0.1, -0.05) is 11.2 Å². The highest BCUT2D eigenvalue weighted by atomic mass is 32.2. The second kappa shape index (κ2) is 4.79. The van der Waals surface area contributed by atoms with Crippen LogP contribution in [0, 0.1) is 0 Å². The molecule has 1 aromatic carbocycles. The van der Waals surface area contributed by atoms with Crippen molar-refractivity contribution in [3.05, 3.63) is 35.5 Å². The van der Waals surface area contributed by atoms with E-state index in [-0.39, 0.29) is 4.90 Å². The first kappa shape index (κ1) is 13.7. The van der Waals surface area contributed by atoms with Crippen molar-refractivity contribution in [2.75, 3.05) is 11.4 Å². The lowest BCUT2D eigenvalue weighted by Gasteiger charge is -2.17. The fraction of sp³-hybridized carbons (Fsp3) is 0.429. The molecule has 0 atom stereocenters. The van der Waals surface area contributed by atoms with E-state index in [2.05, 4.69) is 15.0 Å². The van der Waals surface area contributed by atoms with E-state index in [0.717, 1.165) is 37.1 Å². The Morgan fingerprint density at radius 2 is 2.18 bits per heavy atom. The van der Waals surface area contributed by atoms with Crippen LogP contribution < -0.4 is 10.0 Å². The number of fused-ring (bicyclic) bond motifs is 1. The van der Waals surface area contributed by atoms with Crippen LogP contribution in [0.25, 0.3) is 0 Å². The summed E-state index contributed by atoms with van der Waals surface area (Å²) in [5.41, 5.74) is 1.99. The van der Waals surface area contributed by atoms with E-state index in [4.69, 9.17) is 9.66 Å². The summed E-state index contributed by atoms with van der Waals surface area (Å²) in [5.74, 6) is 1.78. The van der Waals surface area contributed by atoms with Gasteiger partial charge in [-0.05, 0) is 37.0 Å². The molecule has 0 amide bonds. The summed E-state index contributed by atoms with van der Waals surface area (Å²) in [6, 6.07) is 5.00. The molecule has 2 aliphatic rings. The summed E-state index contributed by atoms with van der Waals surface area (Å²) in [5, 5.41) is 9.22. The van der Waals surface area contributed by atoms with Gasteiger partial charge in [-0.3, -0.25) is 0 Å². The third kappa shape index (κ3) is 2.48. The van der Waals surface area contributed by atoms with Gasteiger partial charge in [0, 0.05) is 18.2 Å². The van der Waals surface area contributed by atoms with Crippen LogP contribution in [-0.4, -0.2) is 25.1 Å². The van der Waals surface area contributed by atoms with E-state index in [9.17, 15) is 8.42 Å². The third-order valence-corrected chi connectivity index (χ3v) is 5.03. The Kier molecular flexibility index (Phi) is 2.98. The molecule has 1 fully saturated rings. The molecule has 2 aromatic rings. The Morgan fingerprint density at radius 3 is 2.91 bits per heavy atom. The number of hydrogen-bond donors (Lipinski definition) is 1. The van der Waals surface area contributed by atoms with Crippen LogP contribution in [0.1, 0.15) is 36.0 Å². The Hall–Kier alpha value is -1.93. The molecular weight excluding hydrogens is 304 g/mol. The Labute approximate surface area is 128 Å². The van der Waals surface area contributed by atoms with Crippen molar-refractivity contribution in [3.63, 3.8) is 0 Å². The molecule has 1 aliphatic heterocycles. The molecule has 22 heavy (non-hydrogen) atoms. The molecule has 0 spiro atoms. The number of sulfonamides is 1. The molecule has 1 aromatic heterocycles. The molecule has 2 heterocycles. The summed E-state index contributed by atoms with van der Waals surface area (Å²) >= 11 is 0. The molecule has 4 rings (SSSR count). The highest BCUT2D eigenvalue weighted by Gasteiger charge is 2.30. The summed E-state index contributed by atoms with van der Waals surface area (Å²) < 4.78 is 28.3. The molecule has 1 aliphatic carbocycles. The zero-order valence-electron chi connectivity index (χ0n) is 11.9. The van der Waals surface area contributed by atoms with Gasteiger partial charge in [0.05, 0.1) is 11.4 Å². The molecule has 7 nitrogen and oxygen atoms in total. The standard InChI is InChI=1S/C14H16N4O3S/c15-22(19,20)11-4-3-9-5-6-18(12(9)7-11)8-13-16-14(21-17-13)10-1-2-10/h3-4,7,10H,1-2,5-6,8H2,(H2,15,19,20). The van der Waals surface area contributed by atoms with E-state index >= 15 is 0 Å². The molecular formula is C14H16N4O3S. The minimum atomic E-state index is -3.70. The molecule has 0 unspecified atom stereocenters. The fourth-order valence-corrected chi connectivity index (χ4v) is 3.30. The van der Waals surface area contributed by atoms with Crippen molar-refractivity contribution in [1.29, 1.82) is 0 Å². The number of hydrogen-bond acceptors (Lipinski definition) is 6. The maximum absolute atomic E-state index is 11.5. The first-order valence-electron chi connectivity index (χ1n) is 7.24. The number of anilines is 1. The van der Waals surface area contributed by atoms with Gasteiger partial charge in [-0.2, -0.15) is 4.98 Å². The number of primary sulfonamides is 1. The van der Waals surface area contributed by atoms with Gasteiger partial charge in [-0.15, -0.1) is 0 Å². The third-order valence-electron chi connectivity index (χ3n) is 4.12. The van der Waals surface area contributed by atoms with Gasteiger partial charge in [0.15, 0.2) is 5.82 Å². The number of benzene rings is 1. The van der Waals surface area contributed by atoms with E-state index in [1.54, 1.807) is 12.1 Å². The SMILES string of the molecule is NS(=O)(=O)c1ccc2c(c1)N(Cc1noc(C3CC3)n1)CC2. The Bertz CT molecular complexity index is 826. The first-order chi connectivity index (χ1) is 10.5. The Balaban J connectivity index is 1.60. The quantitative estimate of drug-likeness (QED) is 0.907. The topological polar surface area (TPSA) is 102 Å². The van der Waals surface area contributed by atoms with Crippen molar-refractivity contribution in [1.82, 2.24) is 10.1 Å². The highest BCUT2D eigenvalue weighted by Crippen LogP contribution is 2.39. The van der Waals surface area contributed by atoms with E-state index in [0.29, 0.717) is 24.2 Å². The second-order valence-corrected chi connectivity index (χ2v) is 7.39. The first-order valence-corrected chi connectivity index (χ1v) is 8.78. The van der Waals surface area contributed by atoms with Crippen molar-refractivity contribution >= 4 is 15.7 Å². The summed E-state index contributed by atoms with van der Waals surface area (Å²) in [7, 11) is -3.70. The van der Waals surface area contributed by atoms with Gasteiger partial charge in [0.2, 0.25) is 15.9 Å². The summed E-state index contributed by atoms with van der Waals surface area (Å²) in [4.78, 5) is 6.61. The largest absolute Gasteiger partial charge is 0.363 e. The zero-order valence-corrected chi connectivity index (χ0v) is 12.7. The van der Waals surface area contributed by atoms with Crippen LogP contribution in [0.3, 0.4) is 0 Å². The highest BCUT2D eigenvalue weighted by molar-refractivity contribution is 7.89. The van der Waals surface area contributed by atoms with Gasteiger partial charge >= 0.3 is 0 Å². The lowest BCUT2D eigenvalue weighted by molar-refractivity contribution is 0.374. The minimum absolute atomic E-state index is 0.130. The van der Waals surface area contributed by atoms with Crippen molar-refractivity contribution in [2.45, 2.75) is 36.6 Å². The van der Waals surface area contributed by atoms with Crippen LogP contribution in [0.15, 0.2) is 27.6 Å². The van der Waals surface area contributed by atoms with E-state index < -0.39 is 10.0 Å². The molecule has 0 bridgehead atoms. The molecule has 0 radical (unpaired) electrons. The molecule has 0 saturated heterocycles. The van der Waals surface area contributed by atoms with Gasteiger partial charge in [0.1, 0.15) is 0 Å². The normalized spacial score (nSPS) is 17.8. The fourth-order valence-electron chi connectivity index (χ4n) is 2.77. The maximum atomic E-state index is 11.5.